The minimum absolute atomic E-state index is 0.320. The van der Waals surface area contributed by atoms with E-state index in [2.05, 4.69) is 10.3 Å². The van der Waals surface area contributed by atoms with E-state index in [1.54, 1.807) is 65.9 Å². The molecule has 1 heterocycles. The van der Waals surface area contributed by atoms with Gasteiger partial charge in [-0.3, -0.25) is 10.1 Å². The van der Waals surface area contributed by atoms with Gasteiger partial charge in [0.15, 0.2) is 16.6 Å². The van der Waals surface area contributed by atoms with Crippen molar-refractivity contribution in [2.75, 3.05) is 40.9 Å². The van der Waals surface area contributed by atoms with Crippen LogP contribution < -0.4 is 29.0 Å². The second-order valence-corrected chi connectivity index (χ2v) is 8.58. The lowest BCUT2D eigenvalue weighted by Crippen LogP contribution is -2.13. The molecule has 0 radical (unpaired) electrons. The fourth-order valence-corrected chi connectivity index (χ4v) is 4.54. The molecule has 0 saturated heterocycles. The fourth-order valence-electron chi connectivity index (χ4n) is 3.65. The Balaban J connectivity index is 1.76. The van der Waals surface area contributed by atoms with E-state index in [1.807, 2.05) is 30.3 Å². The average molecular weight is 507 g/mol. The number of carbonyl (C=O) groups is 1. The van der Waals surface area contributed by atoms with Gasteiger partial charge in [0, 0.05) is 5.57 Å². The molecule has 3 aromatic carbocycles. The third kappa shape index (κ3) is 5.21. The Morgan fingerprint density at radius 2 is 1.44 bits per heavy atom. The van der Waals surface area contributed by atoms with Crippen molar-refractivity contribution in [1.29, 1.82) is 0 Å². The highest BCUT2D eigenvalue weighted by molar-refractivity contribution is 7.22. The summed E-state index contributed by atoms with van der Waals surface area (Å²) in [6.07, 6.45) is 1.76. The van der Waals surface area contributed by atoms with Gasteiger partial charge in [-0.1, -0.05) is 23.5 Å². The molecule has 0 aliphatic carbocycles. The Kier molecular flexibility index (Phi) is 7.60. The fraction of sp³-hybridized carbons (Fsp3) is 0.185. The molecule has 1 amide bonds. The molecule has 1 aromatic heterocycles. The number of anilines is 1. The predicted molar refractivity (Wildman–Crippen MR) is 142 cm³/mol. The van der Waals surface area contributed by atoms with Gasteiger partial charge in [-0.2, -0.15) is 0 Å². The number of nitrogens with one attached hydrogen (secondary N) is 1. The molecule has 0 bridgehead atoms. The van der Waals surface area contributed by atoms with Crippen molar-refractivity contribution in [2.45, 2.75) is 0 Å². The monoisotopic (exact) mass is 506 g/mol. The number of ether oxygens (including phenoxy) is 5. The first-order valence-electron chi connectivity index (χ1n) is 10.9. The number of carbonyl (C=O) groups excluding carboxylic acids is 1. The standard InChI is InChI=1S/C27H26N2O6S/c1-31-18-8-6-17(7-9-18)20(12-16-13-22(33-3)25(35-5)23(14-16)34-4)26(30)29-27-28-21-11-10-19(32-2)15-24(21)36-27/h6-15H,1-5H3,(H,28,29,30)/b20-12+. The Labute approximate surface area is 213 Å². The summed E-state index contributed by atoms with van der Waals surface area (Å²) in [6, 6.07) is 16.4. The Hall–Kier alpha value is -4.24. The molecule has 186 valence electrons. The topological polar surface area (TPSA) is 88.1 Å². The maximum Gasteiger partial charge on any atom is 0.258 e. The van der Waals surface area contributed by atoms with Crippen LogP contribution >= 0.6 is 11.3 Å². The number of aromatic nitrogens is 1. The Morgan fingerprint density at radius 3 is 2.03 bits per heavy atom. The smallest absolute Gasteiger partial charge is 0.258 e. The van der Waals surface area contributed by atoms with Crippen LogP contribution in [0.1, 0.15) is 11.1 Å². The first kappa shape index (κ1) is 24.9. The van der Waals surface area contributed by atoms with Crippen LogP contribution in [0.15, 0.2) is 54.6 Å². The summed E-state index contributed by atoms with van der Waals surface area (Å²) in [5.74, 6) is 2.53. The molecule has 4 rings (SSSR count). The summed E-state index contributed by atoms with van der Waals surface area (Å²) in [5, 5.41) is 3.42. The molecule has 0 atom stereocenters. The van der Waals surface area contributed by atoms with Crippen LogP contribution in [0.5, 0.6) is 28.7 Å². The van der Waals surface area contributed by atoms with Crippen molar-refractivity contribution in [1.82, 2.24) is 4.98 Å². The minimum atomic E-state index is -0.320. The number of hydrogen-bond acceptors (Lipinski definition) is 8. The normalized spacial score (nSPS) is 11.2. The van der Waals surface area contributed by atoms with E-state index in [9.17, 15) is 4.79 Å². The van der Waals surface area contributed by atoms with Crippen LogP contribution in [0.3, 0.4) is 0 Å². The second-order valence-electron chi connectivity index (χ2n) is 7.55. The molecule has 8 nitrogen and oxygen atoms in total. The number of amides is 1. The van der Waals surface area contributed by atoms with Crippen molar-refractivity contribution < 1.29 is 28.5 Å². The van der Waals surface area contributed by atoms with E-state index in [0.29, 0.717) is 44.8 Å². The SMILES string of the molecule is COc1ccc(/C(=C\c2cc(OC)c(OC)c(OC)c2)C(=O)Nc2nc3ccc(OC)cc3s2)cc1. The van der Waals surface area contributed by atoms with E-state index in [-0.39, 0.29) is 5.91 Å². The summed E-state index contributed by atoms with van der Waals surface area (Å²) >= 11 is 1.37. The van der Waals surface area contributed by atoms with Crippen LogP contribution in [-0.2, 0) is 4.79 Å². The molecule has 0 spiro atoms. The molecule has 0 saturated carbocycles. The van der Waals surface area contributed by atoms with Crippen LogP contribution in [0.2, 0.25) is 0 Å². The summed E-state index contributed by atoms with van der Waals surface area (Å²) in [4.78, 5) is 18.1. The molecule has 0 fully saturated rings. The molecule has 0 aliphatic rings. The third-order valence-electron chi connectivity index (χ3n) is 5.46. The Morgan fingerprint density at radius 1 is 0.806 bits per heavy atom. The highest BCUT2D eigenvalue weighted by Crippen LogP contribution is 2.39. The summed E-state index contributed by atoms with van der Waals surface area (Å²) in [6.45, 7) is 0. The third-order valence-corrected chi connectivity index (χ3v) is 6.39. The number of benzene rings is 3. The van der Waals surface area contributed by atoms with E-state index < -0.39 is 0 Å². The molecule has 36 heavy (non-hydrogen) atoms. The van der Waals surface area contributed by atoms with Gasteiger partial charge in [0.2, 0.25) is 5.75 Å². The van der Waals surface area contributed by atoms with Gasteiger partial charge in [-0.25, -0.2) is 4.98 Å². The van der Waals surface area contributed by atoms with Crippen molar-refractivity contribution in [3.63, 3.8) is 0 Å². The van der Waals surface area contributed by atoms with Gasteiger partial charge >= 0.3 is 0 Å². The van der Waals surface area contributed by atoms with Crippen molar-refractivity contribution in [3.8, 4) is 28.7 Å². The first-order chi connectivity index (χ1) is 17.5. The summed E-state index contributed by atoms with van der Waals surface area (Å²) < 4.78 is 27.8. The van der Waals surface area contributed by atoms with Crippen molar-refractivity contribution in [3.05, 3.63) is 65.7 Å². The predicted octanol–water partition coefficient (Wildman–Crippen LogP) is 5.52. The lowest BCUT2D eigenvalue weighted by molar-refractivity contribution is -0.111. The van der Waals surface area contributed by atoms with Gasteiger partial charge in [0.25, 0.3) is 5.91 Å². The zero-order valence-corrected chi connectivity index (χ0v) is 21.4. The van der Waals surface area contributed by atoms with Crippen LogP contribution in [0, 0.1) is 0 Å². The second kappa shape index (κ2) is 11.0. The first-order valence-corrected chi connectivity index (χ1v) is 11.7. The summed E-state index contributed by atoms with van der Waals surface area (Å²) in [5.41, 5.74) is 2.59. The van der Waals surface area contributed by atoms with Gasteiger partial charge in [-0.05, 0) is 59.7 Å². The Bertz CT molecular complexity index is 1390. The zero-order chi connectivity index (χ0) is 25.7. The molecule has 1 N–H and O–H groups in total. The van der Waals surface area contributed by atoms with Crippen LogP contribution in [-0.4, -0.2) is 46.4 Å². The molecular formula is C27H26N2O6S. The van der Waals surface area contributed by atoms with Crippen molar-refractivity contribution >= 4 is 44.2 Å². The van der Waals surface area contributed by atoms with Gasteiger partial charge in [0.1, 0.15) is 11.5 Å². The van der Waals surface area contributed by atoms with E-state index in [0.717, 1.165) is 16.0 Å². The van der Waals surface area contributed by atoms with Gasteiger partial charge in [0.05, 0.1) is 45.8 Å². The number of nitrogens with zero attached hydrogens (tertiary/aromatic N) is 1. The molecule has 4 aromatic rings. The minimum Gasteiger partial charge on any atom is -0.497 e. The van der Waals surface area contributed by atoms with Crippen molar-refractivity contribution in [2.24, 2.45) is 0 Å². The number of thiazole rings is 1. The lowest BCUT2D eigenvalue weighted by atomic mass is 10.0. The lowest BCUT2D eigenvalue weighted by Gasteiger charge is -2.14. The van der Waals surface area contributed by atoms with E-state index in [1.165, 1.54) is 11.3 Å². The molecule has 0 unspecified atom stereocenters. The highest BCUT2D eigenvalue weighted by Gasteiger charge is 2.18. The van der Waals surface area contributed by atoms with E-state index in [4.69, 9.17) is 23.7 Å². The molecule has 9 heteroatoms. The van der Waals surface area contributed by atoms with Crippen LogP contribution in [0.25, 0.3) is 21.9 Å². The maximum atomic E-state index is 13.5. The highest BCUT2D eigenvalue weighted by atomic mass is 32.1. The van der Waals surface area contributed by atoms with Gasteiger partial charge in [-0.15, -0.1) is 0 Å². The van der Waals surface area contributed by atoms with Gasteiger partial charge < -0.3 is 23.7 Å². The number of methoxy groups -OCH3 is 5. The molecule has 0 aliphatic heterocycles. The quantitative estimate of drug-likeness (QED) is 0.236. The number of rotatable bonds is 9. The van der Waals surface area contributed by atoms with E-state index >= 15 is 0 Å². The zero-order valence-electron chi connectivity index (χ0n) is 20.6. The summed E-state index contributed by atoms with van der Waals surface area (Å²) in [7, 11) is 7.84. The van der Waals surface area contributed by atoms with Crippen LogP contribution in [0.4, 0.5) is 5.13 Å². The average Bonchev–Trinajstić information content (AvgIpc) is 3.32. The maximum absolute atomic E-state index is 13.5. The molecular weight excluding hydrogens is 480 g/mol. The largest absolute Gasteiger partial charge is 0.497 e. The number of hydrogen-bond donors (Lipinski definition) is 1. The number of fused-ring (bicyclic) bond motifs is 1.